The van der Waals surface area contributed by atoms with Crippen LogP contribution in [0, 0.1) is 5.82 Å². The van der Waals surface area contributed by atoms with Crippen LogP contribution >= 0.6 is 0 Å². The Kier molecular flexibility index (Phi) is 2.60. The maximum atomic E-state index is 13.4. The van der Waals surface area contributed by atoms with Crippen molar-refractivity contribution in [2.24, 2.45) is 0 Å². The number of hydrogen-bond donors (Lipinski definition) is 1. The molecule has 4 nitrogen and oxygen atoms in total. The number of amides is 1. The summed E-state index contributed by atoms with van der Waals surface area (Å²) in [5.74, 6) is -0.861. The summed E-state index contributed by atoms with van der Waals surface area (Å²) in [5.41, 5.74) is 6.18. The third-order valence-electron chi connectivity index (χ3n) is 2.57. The fourth-order valence-corrected chi connectivity index (χ4v) is 1.71. The number of Topliss-reactive ketones (excluding diaryl/α,β-unsaturated/α-hetero) is 1. The standard InChI is InChI=1S/C11H11FN2O2/c12-9-2-1-3-10(13)8(9)6-14-5-7(15)4-11(14)16/h1-3H,4-6,13H2. The largest absolute Gasteiger partial charge is 0.398 e. The number of likely N-dealkylation sites (tertiary alicyclic amines) is 1. The molecule has 2 rings (SSSR count). The first-order valence-corrected chi connectivity index (χ1v) is 4.90. The summed E-state index contributed by atoms with van der Waals surface area (Å²) in [4.78, 5) is 23.7. The van der Waals surface area contributed by atoms with E-state index < -0.39 is 5.82 Å². The number of rotatable bonds is 2. The zero-order valence-corrected chi connectivity index (χ0v) is 8.57. The van der Waals surface area contributed by atoms with E-state index in [-0.39, 0.29) is 36.8 Å². The van der Waals surface area contributed by atoms with Gasteiger partial charge in [-0.25, -0.2) is 4.39 Å². The highest BCUT2D eigenvalue weighted by Gasteiger charge is 2.28. The third-order valence-corrected chi connectivity index (χ3v) is 2.57. The minimum absolute atomic E-state index is 0.0482. The van der Waals surface area contributed by atoms with Crippen LogP contribution in [-0.4, -0.2) is 23.1 Å². The van der Waals surface area contributed by atoms with Crippen LogP contribution in [0.15, 0.2) is 18.2 Å². The maximum absolute atomic E-state index is 13.4. The molecule has 84 valence electrons. The zero-order chi connectivity index (χ0) is 11.7. The first-order chi connectivity index (χ1) is 7.58. The summed E-state index contributed by atoms with van der Waals surface area (Å²) >= 11 is 0. The fraction of sp³-hybridized carbons (Fsp3) is 0.273. The molecule has 1 aromatic rings. The molecule has 1 aliphatic heterocycles. The van der Waals surface area contributed by atoms with E-state index in [0.717, 1.165) is 0 Å². The van der Waals surface area contributed by atoms with Gasteiger partial charge in [0.1, 0.15) is 5.82 Å². The summed E-state index contributed by atoms with van der Waals surface area (Å²) in [6, 6.07) is 4.36. The van der Waals surface area contributed by atoms with Gasteiger partial charge in [0.15, 0.2) is 5.78 Å². The number of anilines is 1. The molecule has 1 saturated heterocycles. The molecule has 0 saturated carbocycles. The molecule has 1 aliphatic rings. The summed E-state index contributed by atoms with van der Waals surface area (Å²) in [6.45, 7) is 0.107. The number of nitrogens with zero attached hydrogens (tertiary/aromatic N) is 1. The summed E-state index contributed by atoms with van der Waals surface area (Å²) in [5, 5.41) is 0. The molecule has 0 spiro atoms. The smallest absolute Gasteiger partial charge is 0.230 e. The predicted octanol–water partition coefficient (Wildman–Crippen LogP) is 0.709. The second-order valence-electron chi connectivity index (χ2n) is 3.77. The summed E-state index contributed by atoms with van der Waals surface area (Å²) in [6.07, 6.45) is -0.0889. The Hall–Kier alpha value is -1.91. The number of halogens is 1. The molecule has 0 unspecified atom stereocenters. The van der Waals surface area contributed by atoms with Crippen LogP contribution in [0.3, 0.4) is 0 Å². The Morgan fingerprint density at radius 2 is 2.12 bits per heavy atom. The lowest BCUT2D eigenvalue weighted by atomic mass is 10.1. The van der Waals surface area contributed by atoms with Crippen molar-refractivity contribution < 1.29 is 14.0 Å². The van der Waals surface area contributed by atoms with Crippen LogP contribution in [0.25, 0.3) is 0 Å². The van der Waals surface area contributed by atoms with Crippen LogP contribution in [0.4, 0.5) is 10.1 Å². The molecular weight excluding hydrogens is 211 g/mol. The average molecular weight is 222 g/mol. The second kappa shape index (κ2) is 3.92. The van der Waals surface area contributed by atoms with Gasteiger partial charge in [-0.3, -0.25) is 9.59 Å². The number of carbonyl (C=O) groups excluding carboxylic acids is 2. The van der Waals surface area contributed by atoms with Crippen molar-refractivity contribution in [1.29, 1.82) is 0 Å². The molecule has 1 fully saturated rings. The van der Waals surface area contributed by atoms with Gasteiger partial charge in [0.25, 0.3) is 0 Å². The lowest BCUT2D eigenvalue weighted by Crippen LogP contribution is -2.25. The van der Waals surface area contributed by atoms with E-state index in [2.05, 4.69) is 0 Å². The lowest BCUT2D eigenvalue weighted by Gasteiger charge is -2.16. The molecule has 1 amide bonds. The first kappa shape index (κ1) is 10.6. The molecule has 0 bridgehead atoms. The van der Waals surface area contributed by atoms with Gasteiger partial charge < -0.3 is 10.6 Å². The van der Waals surface area contributed by atoms with Gasteiger partial charge >= 0.3 is 0 Å². The van der Waals surface area contributed by atoms with E-state index in [0.29, 0.717) is 5.69 Å². The molecule has 1 aromatic carbocycles. The SMILES string of the molecule is Nc1cccc(F)c1CN1CC(=O)CC1=O. The van der Waals surface area contributed by atoms with Crippen LogP contribution in [0.5, 0.6) is 0 Å². The number of hydrogen-bond acceptors (Lipinski definition) is 3. The predicted molar refractivity (Wildman–Crippen MR) is 55.9 cm³/mol. The highest BCUT2D eigenvalue weighted by molar-refractivity contribution is 6.05. The molecule has 1 heterocycles. The van der Waals surface area contributed by atoms with Crippen molar-refractivity contribution in [3.05, 3.63) is 29.6 Å². The molecule has 0 aliphatic carbocycles. The van der Waals surface area contributed by atoms with Gasteiger partial charge in [-0.05, 0) is 12.1 Å². The average Bonchev–Trinajstić information content (AvgIpc) is 2.51. The van der Waals surface area contributed by atoms with E-state index in [1.165, 1.54) is 17.0 Å². The number of nitrogen functional groups attached to an aromatic ring is 1. The Morgan fingerprint density at radius 1 is 1.38 bits per heavy atom. The van der Waals surface area contributed by atoms with Crippen molar-refractivity contribution in [2.45, 2.75) is 13.0 Å². The fourth-order valence-electron chi connectivity index (χ4n) is 1.71. The maximum Gasteiger partial charge on any atom is 0.230 e. The summed E-state index contributed by atoms with van der Waals surface area (Å²) in [7, 11) is 0. The minimum Gasteiger partial charge on any atom is -0.398 e. The third kappa shape index (κ3) is 1.88. The topological polar surface area (TPSA) is 63.4 Å². The van der Waals surface area contributed by atoms with Crippen molar-refractivity contribution >= 4 is 17.4 Å². The number of nitrogens with two attached hydrogens (primary N) is 1. The molecule has 0 radical (unpaired) electrons. The Bertz CT molecular complexity index is 439. The molecule has 0 atom stereocenters. The van der Waals surface area contributed by atoms with Crippen molar-refractivity contribution in [2.75, 3.05) is 12.3 Å². The monoisotopic (exact) mass is 222 g/mol. The molecular formula is C11H11FN2O2. The van der Waals surface area contributed by atoms with Gasteiger partial charge in [-0.1, -0.05) is 6.07 Å². The Balaban J connectivity index is 2.21. The van der Waals surface area contributed by atoms with E-state index >= 15 is 0 Å². The zero-order valence-electron chi connectivity index (χ0n) is 8.57. The van der Waals surface area contributed by atoms with Crippen LogP contribution in [-0.2, 0) is 16.1 Å². The number of ketones is 1. The van der Waals surface area contributed by atoms with E-state index in [9.17, 15) is 14.0 Å². The molecule has 0 aromatic heterocycles. The van der Waals surface area contributed by atoms with E-state index in [1.807, 2.05) is 0 Å². The van der Waals surface area contributed by atoms with E-state index in [4.69, 9.17) is 5.73 Å². The highest BCUT2D eigenvalue weighted by Crippen LogP contribution is 2.20. The van der Waals surface area contributed by atoms with Crippen molar-refractivity contribution in [1.82, 2.24) is 4.90 Å². The number of benzene rings is 1. The minimum atomic E-state index is -0.452. The van der Waals surface area contributed by atoms with Crippen LogP contribution in [0.2, 0.25) is 0 Å². The molecule has 2 N–H and O–H groups in total. The molecule has 16 heavy (non-hydrogen) atoms. The van der Waals surface area contributed by atoms with Gasteiger partial charge in [-0.2, -0.15) is 0 Å². The lowest BCUT2D eigenvalue weighted by molar-refractivity contribution is -0.128. The Labute approximate surface area is 91.8 Å². The second-order valence-corrected chi connectivity index (χ2v) is 3.77. The molecule has 5 heteroatoms. The first-order valence-electron chi connectivity index (χ1n) is 4.90. The van der Waals surface area contributed by atoms with Gasteiger partial charge in [0, 0.05) is 11.3 Å². The highest BCUT2D eigenvalue weighted by atomic mass is 19.1. The van der Waals surface area contributed by atoms with Gasteiger partial charge in [0.2, 0.25) is 5.91 Å². The van der Waals surface area contributed by atoms with Gasteiger partial charge in [0.05, 0.1) is 19.5 Å². The summed E-state index contributed by atoms with van der Waals surface area (Å²) < 4.78 is 13.4. The van der Waals surface area contributed by atoms with Crippen molar-refractivity contribution in [3.63, 3.8) is 0 Å². The number of carbonyl (C=O) groups is 2. The van der Waals surface area contributed by atoms with Crippen molar-refractivity contribution in [3.8, 4) is 0 Å². The van der Waals surface area contributed by atoms with Gasteiger partial charge in [-0.15, -0.1) is 0 Å². The quantitative estimate of drug-likeness (QED) is 0.592. The van der Waals surface area contributed by atoms with E-state index in [1.54, 1.807) is 6.07 Å². The normalized spacial score (nSPS) is 15.9. The Morgan fingerprint density at radius 3 is 2.69 bits per heavy atom. The van der Waals surface area contributed by atoms with Crippen LogP contribution in [0.1, 0.15) is 12.0 Å². The van der Waals surface area contributed by atoms with Crippen LogP contribution < -0.4 is 5.73 Å².